The molecule has 1 heterocycles. The van der Waals surface area contributed by atoms with Crippen LogP contribution in [0.4, 0.5) is 10.1 Å². The number of anilines is 1. The topological polar surface area (TPSA) is 102 Å². The Labute approximate surface area is 229 Å². The number of rotatable bonds is 8. The number of nitrogen functional groups attached to an aromatic ring is 1. The third-order valence-corrected chi connectivity index (χ3v) is 7.78. The van der Waals surface area contributed by atoms with E-state index in [9.17, 15) is 13.2 Å². The Balaban J connectivity index is 1.62. The number of hydrogen-bond acceptors (Lipinski definition) is 7. The number of nitrogens with zero attached hydrogens (tertiary/aromatic N) is 2. The first-order chi connectivity index (χ1) is 18.5. The van der Waals surface area contributed by atoms with Crippen LogP contribution in [0.5, 0.6) is 11.5 Å². The van der Waals surface area contributed by atoms with E-state index in [0.29, 0.717) is 30.3 Å². The van der Waals surface area contributed by atoms with Crippen LogP contribution in [0.3, 0.4) is 0 Å². The number of carbonyl (C=O) groups is 1. The summed E-state index contributed by atoms with van der Waals surface area (Å²) in [4.78, 5) is 16.8. The molecule has 1 aliphatic rings. The van der Waals surface area contributed by atoms with Crippen molar-refractivity contribution >= 4 is 21.4 Å². The van der Waals surface area contributed by atoms with Gasteiger partial charge in [-0.3, -0.25) is 4.79 Å². The van der Waals surface area contributed by atoms with Crippen LogP contribution in [0.25, 0.3) is 11.1 Å². The van der Waals surface area contributed by atoms with E-state index in [1.54, 1.807) is 17.9 Å². The van der Waals surface area contributed by atoms with Crippen LogP contribution in [-0.2, 0) is 22.8 Å². The summed E-state index contributed by atoms with van der Waals surface area (Å²) in [5.41, 5.74) is 9.53. The number of amides is 1. The summed E-state index contributed by atoms with van der Waals surface area (Å²) in [5, 5.41) is 0. The first kappa shape index (κ1) is 28.4. The number of ether oxygens (including phenoxy) is 2. The zero-order valence-electron chi connectivity index (χ0n) is 22.7. The molecule has 0 atom stereocenters. The van der Waals surface area contributed by atoms with Crippen LogP contribution in [0.1, 0.15) is 28.4 Å². The summed E-state index contributed by atoms with van der Waals surface area (Å²) < 4.78 is 50.9. The Hall–Kier alpha value is -3.63. The van der Waals surface area contributed by atoms with E-state index in [-0.39, 0.29) is 36.6 Å². The standard InChI is InChI=1S/C29H34FN3O5S/c1-5-22-23(8-11-27(28(22)30)39(4,35)36)29(34)33-13-15-37-25-10-7-19(16-21(25)18-33)20-6-9-24(31)26(17-20)38-14-12-32(2)3/h6-11,16-17H,5,12-15,18,31H2,1-4H3. The molecule has 0 fully saturated rings. The highest BCUT2D eigenvalue weighted by Crippen LogP contribution is 2.34. The van der Waals surface area contributed by atoms with Crippen molar-refractivity contribution < 1.29 is 27.1 Å². The number of hydrogen-bond donors (Lipinski definition) is 1. The third-order valence-electron chi connectivity index (χ3n) is 6.66. The third kappa shape index (κ3) is 6.34. The van der Waals surface area contributed by atoms with Crippen molar-refractivity contribution in [1.29, 1.82) is 0 Å². The molecule has 1 aliphatic heterocycles. The maximum Gasteiger partial charge on any atom is 0.254 e. The molecule has 208 valence electrons. The summed E-state index contributed by atoms with van der Waals surface area (Å²) in [6, 6.07) is 14.0. The lowest BCUT2D eigenvalue weighted by Gasteiger charge is -2.22. The minimum Gasteiger partial charge on any atom is -0.491 e. The summed E-state index contributed by atoms with van der Waals surface area (Å²) in [7, 11) is 0.178. The summed E-state index contributed by atoms with van der Waals surface area (Å²) in [6.45, 7) is 3.77. The van der Waals surface area contributed by atoms with Gasteiger partial charge in [-0.2, -0.15) is 0 Å². The van der Waals surface area contributed by atoms with Gasteiger partial charge in [0.1, 0.15) is 35.4 Å². The fourth-order valence-electron chi connectivity index (χ4n) is 4.53. The number of fused-ring (bicyclic) bond motifs is 1. The Morgan fingerprint density at radius 1 is 1.13 bits per heavy atom. The van der Waals surface area contributed by atoms with Crippen molar-refractivity contribution in [1.82, 2.24) is 9.80 Å². The van der Waals surface area contributed by atoms with Crippen molar-refractivity contribution in [3.05, 3.63) is 71.0 Å². The highest BCUT2D eigenvalue weighted by Gasteiger charge is 2.27. The fraction of sp³-hybridized carbons (Fsp3) is 0.345. The lowest BCUT2D eigenvalue weighted by atomic mass is 10.0. The molecule has 0 radical (unpaired) electrons. The van der Waals surface area contributed by atoms with E-state index in [1.807, 2.05) is 49.3 Å². The van der Waals surface area contributed by atoms with E-state index in [2.05, 4.69) is 0 Å². The molecule has 0 aromatic heterocycles. The first-order valence-corrected chi connectivity index (χ1v) is 14.6. The Bertz CT molecular complexity index is 1490. The number of benzene rings is 3. The predicted molar refractivity (Wildman–Crippen MR) is 149 cm³/mol. The molecular weight excluding hydrogens is 521 g/mol. The van der Waals surface area contributed by atoms with Crippen molar-refractivity contribution in [3.8, 4) is 22.6 Å². The highest BCUT2D eigenvalue weighted by molar-refractivity contribution is 7.90. The van der Waals surface area contributed by atoms with E-state index in [4.69, 9.17) is 15.2 Å². The second-order valence-corrected chi connectivity index (χ2v) is 11.8. The van der Waals surface area contributed by atoms with Gasteiger partial charge >= 0.3 is 0 Å². The van der Waals surface area contributed by atoms with E-state index in [1.165, 1.54) is 6.07 Å². The molecule has 0 unspecified atom stereocenters. The van der Waals surface area contributed by atoms with Crippen molar-refractivity contribution in [2.75, 3.05) is 52.4 Å². The lowest BCUT2D eigenvalue weighted by Crippen LogP contribution is -2.33. The van der Waals surface area contributed by atoms with Crippen LogP contribution < -0.4 is 15.2 Å². The average Bonchev–Trinajstić information content (AvgIpc) is 3.10. The van der Waals surface area contributed by atoms with Gasteiger partial charge in [0.25, 0.3) is 5.91 Å². The van der Waals surface area contributed by atoms with Crippen LogP contribution in [0.2, 0.25) is 0 Å². The minimum absolute atomic E-state index is 0.0886. The highest BCUT2D eigenvalue weighted by atomic mass is 32.2. The second kappa shape index (κ2) is 11.6. The quantitative estimate of drug-likeness (QED) is 0.419. The largest absolute Gasteiger partial charge is 0.491 e. The van der Waals surface area contributed by atoms with E-state index >= 15 is 4.39 Å². The molecule has 39 heavy (non-hydrogen) atoms. The van der Waals surface area contributed by atoms with Gasteiger partial charge in [0.05, 0.1) is 12.2 Å². The summed E-state index contributed by atoms with van der Waals surface area (Å²) in [5.74, 6) is 0.0218. The minimum atomic E-state index is -3.76. The molecule has 0 saturated carbocycles. The first-order valence-electron chi connectivity index (χ1n) is 12.7. The maximum atomic E-state index is 15.1. The van der Waals surface area contributed by atoms with Crippen molar-refractivity contribution in [2.24, 2.45) is 0 Å². The Morgan fingerprint density at radius 2 is 1.85 bits per heavy atom. The molecule has 3 aromatic rings. The number of sulfone groups is 1. The molecule has 4 rings (SSSR count). The van der Waals surface area contributed by atoms with Crippen molar-refractivity contribution in [3.63, 3.8) is 0 Å². The summed E-state index contributed by atoms with van der Waals surface area (Å²) in [6.07, 6.45) is 1.13. The molecular formula is C29H34FN3O5S. The molecule has 0 saturated heterocycles. The molecule has 0 spiro atoms. The van der Waals surface area contributed by atoms with Gasteiger partial charge in [0.15, 0.2) is 9.84 Å². The number of halogens is 1. The normalized spacial score (nSPS) is 13.5. The van der Waals surface area contributed by atoms with Gasteiger partial charge in [0.2, 0.25) is 0 Å². The average molecular weight is 556 g/mol. The van der Waals surface area contributed by atoms with E-state index in [0.717, 1.165) is 35.6 Å². The maximum absolute atomic E-state index is 15.1. The molecule has 3 aromatic carbocycles. The van der Waals surface area contributed by atoms with E-state index < -0.39 is 20.5 Å². The van der Waals surface area contributed by atoms with Crippen molar-refractivity contribution in [2.45, 2.75) is 24.8 Å². The van der Waals surface area contributed by atoms with Crippen LogP contribution in [0.15, 0.2) is 53.4 Å². The van der Waals surface area contributed by atoms with Crippen LogP contribution in [0, 0.1) is 5.82 Å². The van der Waals surface area contributed by atoms with Crippen LogP contribution in [-0.4, -0.2) is 70.8 Å². The van der Waals surface area contributed by atoms with Gasteiger partial charge in [0, 0.05) is 36.0 Å². The molecule has 2 N–H and O–H groups in total. The molecule has 8 nitrogen and oxygen atoms in total. The summed E-state index contributed by atoms with van der Waals surface area (Å²) >= 11 is 0. The Morgan fingerprint density at radius 3 is 2.54 bits per heavy atom. The number of carbonyl (C=O) groups excluding carboxylic acids is 1. The molecule has 1 amide bonds. The van der Waals surface area contributed by atoms with Gasteiger partial charge in [-0.15, -0.1) is 0 Å². The zero-order valence-corrected chi connectivity index (χ0v) is 23.5. The Kier molecular flexibility index (Phi) is 8.46. The van der Waals surface area contributed by atoms with Gasteiger partial charge in [-0.1, -0.05) is 19.1 Å². The van der Waals surface area contributed by atoms with Gasteiger partial charge < -0.3 is 25.0 Å². The SMILES string of the molecule is CCc1c(C(=O)N2CCOc3ccc(-c4ccc(N)c(OCCN(C)C)c4)cc3C2)ccc(S(C)(=O)=O)c1F. The zero-order chi connectivity index (χ0) is 28.3. The molecule has 0 aliphatic carbocycles. The smallest absolute Gasteiger partial charge is 0.254 e. The van der Waals surface area contributed by atoms with Gasteiger partial charge in [-0.05, 0) is 68.0 Å². The monoisotopic (exact) mass is 555 g/mol. The fourth-order valence-corrected chi connectivity index (χ4v) is 5.29. The second-order valence-electron chi connectivity index (χ2n) is 9.83. The predicted octanol–water partition coefficient (Wildman–Crippen LogP) is 4.02. The lowest BCUT2D eigenvalue weighted by molar-refractivity contribution is 0.0731. The number of nitrogens with two attached hydrogens (primary N) is 1. The van der Waals surface area contributed by atoms with Gasteiger partial charge in [-0.25, -0.2) is 12.8 Å². The number of likely N-dealkylation sites (N-methyl/N-ethyl adjacent to an activating group) is 1. The van der Waals surface area contributed by atoms with Crippen LogP contribution >= 0.6 is 0 Å². The molecule has 10 heteroatoms. The molecule has 0 bridgehead atoms.